The van der Waals surface area contributed by atoms with Crippen LogP contribution >= 0.6 is 0 Å². The Kier molecular flexibility index (Phi) is 5.04. The van der Waals surface area contributed by atoms with Gasteiger partial charge in [-0.15, -0.1) is 0 Å². The molecule has 1 aliphatic rings. The van der Waals surface area contributed by atoms with Crippen molar-refractivity contribution < 1.29 is 4.79 Å². The smallest absolute Gasteiger partial charge is 0.241 e. The molecule has 0 unspecified atom stereocenters. The van der Waals surface area contributed by atoms with Gasteiger partial charge in [0.05, 0.1) is 29.6 Å². The second-order valence-electron chi connectivity index (χ2n) is 5.56. The molecule has 2 N–H and O–H groups in total. The highest BCUT2D eigenvalue weighted by atomic mass is 16.2. The molecular weight excluding hydrogens is 264 g/mol. The lowest BCUT2D eigenvalue weighted by Crippen LogP contribution is -2.42. The fourth-order valence-corrected chi connectivity index (χ4v) is 2.68. The van der Waals surface area contributed by atoms with Crippen molar-refractivity contribution in [2.75, 3.05) is 37.3 Å². The molecule has 1 heterocycles. The number of carbonyl (C=O) groups is 1. The molecule has 1 amide bonds. The predicted molar refractivity (Wildman–Crippen MR) is 84.2 cm³/mol. The number of nitrogens with one attached hydrogen (secondary N) is 2. The van der Waals surface area contributed by atoms with Gasteiger partial charge in [0.25, 0.3) is 0 Å². The summed E-state index contributed by atoms with van der Waals surface area (Å²) in [6, 6.07) is 7.47. The summed E-state index contributed by atoms with van der Waals surface area (Å²) in [5.74, 6) is 0.698. The van der Waals surface area contributed by atoms with Crippen molar-refractivity contribution in [1.82, 2.24) is 4.90 Å². The Labute approximate surface area is 125 Å². The van der Waals surface area contributed by atoms with Crippen LogP contribution in [0.1, 0.15) is 25.3 Å². The molecule has 21 heavy (non-hydrogen) atoms. The van der Waals surface area contributed by atoms with Crippen LogP contribution < -0.4 is 10.6 Å². The highest BCUT2D eigenvalue weighted by Crippen LogP contribution is 2.22. The van der Waals surface area contributed by atoms with E-state index in [-0.39, 0.29) is 12.5 Å². The van der Waals surface area contributed by atoms with Crippen LogP contribution in [0.15, 0.2) is 18.2 Å². The van der Waals surface area contributed by atoms with Crippen molar-refractivity contribution >= 4 is 17.3 Å². The number of carbonyl (C=O) groups excluding carboxylic acids is 1. The predicted octanol–water partition coefficient (Wildman–Crippen LogP) is 2.27. The van der Waals surface area contributed by atoms with Crippen LogP contribution in [0.3, 0.4) is 0 Å². The van der Waals surface area contributed by atoms with Crippen molar-refractivity contribution in [3.63, 3.8) is 0 Å². The first kappa shape index (κ1) is 15.2. The van der Waals surface area contributed by atoms with Crippen molar-refractivity contribution in [2.24, 2.45) is 5.92 Å². The largest absolute Gasteiger partial charge is 0.386 e. The van der Waals surface area contributed by atoms with Gasteiger partial charge in [-0.3, -0.25) is 4.79 Å². The number of nitrogens with zero attached hydrogens (tertiary/aromatic N) is 2. The van der Waals surface area contributed by atoms with Gasteiger partial charge in [-0.1, -0.05) is 6.92 Å². The number of amides is 1. The van der Waals surface area contributed by atoms with Crippen molar-refractivity contribution in [3.05, 3.63) is 23.8 Å². The fraction of sp³-hybridized carbons (Fsp3) is 0.500. The number of piperidine rings is 1. The van der Waals surface area contributed by atoms with E-state index in [1.54, 1.807) is 12.1 Å². The van der Waals surface area contributed by atoms with Crippen molar-refractivity contribution in [1.29, 1.82) is 5.26 Å². The van der Waals surface area contributed by atoms with Crippen molar-refractivity contribution in [2.45, 2.75) is 19.8 Å². The summed E-state index contributed by atoms with van der Waals surface area (Å²) in [5, 5.41) is 15.2. The molecule has 1 aromatic rings. The molecule has 0 bridgehead atoms. The number of hydrogen-bond acceptors (Lipinski definition) is 4. The molecule has 0 saturated carbocycles. The molecule has 0 aliphatic carbocycles. The summed E-state index contributed by atoms with van der Waals surface area (Å²) in [6.07, 6.45) is 2.28. The number of likely N-dealkylation sites (tertiary alicyclic amines) is 1. The first-order chi connectivity index (χ1) is 10.1. The van der Waals surface area contributed by atoms with Gasteiger partial charge in [0.1, 0.15) is 0 Å². The van der Waals surface area contributed by atoms with Crippen LogP contribution in [-0.4, -0.2) is 37.5 Å². The SMILES string of the molecule is CNc1ccc(C#N)cc1NCC(=O)N1CCC[C@H](C)C1. The first-order valence-electron chi connectivity index (χ1n) is 7.37. The van der Waals surface area contributed by atoms with Gasteiger partial charge in [0.2, 0.25) is 5.91 Å². The Bertz CT molecular complexity index is 550. The zero-order valence-corrected chi connectivity index (χ0v) is 12.6. The maximum Gasteiger partial charge on any atom is 0.241 e. The molecule has 2 rings (SSSR count). The molecule has 1 saturated heterocycles. The van der Waals surface area contributed by atoms with Gasteiger partial charge in [-0.05, 0) is 37.0 Å². The van der Waals surface area contributed by atoms with E-state index in [2.05, 4.69) is 23.6 Å². The Morgan fingerprint density at radius 1 is 1.48 bits per heavy atom. The normalized spacial score (nSPS) is 18.0. The van der Waals surface area contributed by atoms with E-state index >= 15 is 0 Å². The molecular formula is C16H22N4O. The number of rotatable bonds is 4. The van der Waals surface area contributed by atoms with Crippen LogP contribution in [-0.2, 0) is 4.79 Å². The van der Waals surface area contributed by atoms with E-state index in [4.69, 9.17) is 5.26 Å². The van der Waals surface area contributed by atoms with Crippen LogP contribution in [0.4, 0.5) is 11.4 Å². The van der Waals surface area contributed by atoms with E-state index < -0.39 is 0 Å². The topological polar surface area (TPSA) is 68.2 Å². The minimum Gasteiger partial charge on any atom is -0.386 e. The molecule has 0 spiro atoms. The molecule has 112 valence electrons. The molecule has 1 fully saturated rings. The van der Waals surface area contributed by atoms with E-state index in [0.29, 0.717) is 11.5 Å². The summed E-state index contributed by atoms with van der Waals surface area (Å²) < 4.78 is 0. The van der Waals surface area contributed by atoms with E-state index in [0.717, 1.165) is 30.9 Å². The minimum atomic E-state index is 0.117. The monoisotopic (exact) mass is 286 g/mol. The lowest BCUT2D eigenvalue weighted by Gasteiger charge is -2.31. The number of benzene rings is 1. The molecule has 5 nitrogen and oxygen atoms in total. The molecule has 0 radical (unpaired) electrons. The Morgan fingerprint density at radius 3 is 2.95 bits per heavy atom. The third-order valence-electron chi connectivity index (χ3n) is 3.86. The van der Waals surface area contributed by atoms with Crippen LogP contribution in [0.5, 0.6) is 0 Å². The Balaban J connectivity index is 1.99. The molecule has 5 heteroatoms. The van der Waals surface area contributed by atoms with E-state index in [9.17, 15) is 4.79 Å². The van der Waals surface area contributed by atoms with Crippen molar-refractivity contribution in [3.8, 4) is 6.07 Å². The van der Waals surface area contributed by atoms with Gasteiger partial charge in [0, 0.05) is 20.1 Å². The van der Waals surface area contributed by atoms with Gasteiger partial charge in [-0.2, -0.15) is 5.26 Å². The van der Waals surface area contributed by atoms with Gasteiger partial charge in [-0.25, -0.2) is 0 Å². The molecule has 1 aliphatic heterocycles. The molecule has 1 atom stereocenters. The zero-order valence-electron chi connectivity index (χ0n) is 12.6. The highest BCUT2D eigenvalue weighted by Gasteiger charge is 2.20. The van der Waals surface area contributed by atoms with Crippen LogP contribution in [0, 0.1) is 17.2 Å². The van der Waals surface area contributed by atoms with Crippen LogP contribution in [0.2, 0.25) is 0 Å². The maximum absolute atomic E-state index is 12.2. The van der Waals surface area contributed by atoms with E-state index in [1.807, 2.05) is 18.0 Å². The summed E-state index contributed by atoms with van der Waals surface area (Å²) >= 11 is 0. The fourth-order valence-electron chi connectivity index (χ4n) is 2.68. The average molecular weight is 286 g/mol. The quantitative estimate of drug-likeness (QED) is 0.891. The number of nitriles is 1. The van der Waals surface area contributed by atoms with E-state index in [1.165, 1.54) is 6.42 Å². The first-order valence-corrected chi connectivity index (χ1v) is 7.37. The Hall–Kier alpha value is -2.22. The maximum atomic E-state index is 12.2. The zero-order chi connectivity index (χ0) is 15.2. The van der Waals surface area contributed by atoms with Gasteiger partial charge < -0.3 is 15.5 Å². The third-order valence-corrected chi connectivity index (χ3v) is 3.86. The highest BCUT2D eigenvalue weighted by molar-refractivity contribution is 5.83. The lowest BCUT2D eigenvalue weighted by molar-refractivity contribution is -0.130. The number of anilines is 2. The summed E-state index contributed by atoms with van der Waals surface area (Å²) in [5.41, 5.74) is 2.25. The second kappa shape index (κ2) is 6.98. The van der Waals surface area contributed by atoms with Crippen LogP contribution in [0.25, 0.3) is 0 Å². The Morgan fingerprint density at radius 2 is 2.29 bits per heavy atom. The molecule has 1 aromatic carbocycles. The lowest BCUT2D eigenvalue weighted by atomic mass is 10.0. The van der Waals surface area contributed by atoms with Gasteiger partial charge in [0.15, 0.2) is 0 Å². The third kappa shape index (κ3) is 3.88. The summed E-state index contributed by atoms with van der Waals surface area (Å²) in [4.78, 5) is 14.2. The average Bonchev–Trinajstić information content (AvgIpc) is 2.52. The summed E-state index contributed by atoms with van der Waals surface area (Å²) in [6.45, 7) is 4.14. The minimum absolute atomic E-state index is 0.117. The second-order valence-corrected chi connectivity index (χ2v) is 5.56. The van der Waals surface area contributed by atoms with Gasteiger partial charge >= 0.3 is 0 Å². The summed E-state index contributed by atoms with van der Waals surface area (Å²) in [7, 11) is 1.82. The standard InChI is InChI=1S/C16H22N4O/c1-12-4-3-7-20(11-12)16(21)10-19-15-8-13(9-17)5-6-14(15)18-2/h5-6,8,12,18-19H,3-4,7,10-11H2,1-2H3/t12-/m0/s1. The molecule has 0 aromatic heterocycles. The number of hydrogen-bond donors (Lipinski definition) is 2.